The predicted molar refractivity (Wildman–Crippen MR) is 84.7 cm³/mol. The number of rotatable bonds is 3. The van der Waals surface area contributed by atoms with E-state index in [2.05, 4.69) is 4.98 Å². The molecule has 0 spiro atoms. The molecule has 1 fully saturated rings. The van der Waals surface area contributed by atoms with Gasteiger partial charge in [-0.05, 0) is 25.8 Å². The van der Waals surface area contributed by atoms with Gasteiger partial charge in [-0.15, -0.1) is 0 Å². The molecule has 0 radical (unpaired) electrons. The number of imidazole rings is 1. The van der Waals surface area contributed by atoms with E-state index in [1.165, 1.54) is 27.5 Å². The number of aromatic nitrogens is 3. The fraction of sp³-hybridized carbons (Fsp3) is 0.467. The van der Waals surface area contributed by atoms with E-state index in [0.717, 1.165) is 19.3 Å². The van der Waals surface area contributed by atoms with E-state index in [0.29, 0.717) is 24.5 Å². The molecule has 0 bridgehead atoms. The summed E-state index contributed by atoms with van der Waals surface area (Å²) in [6.07, 6.45) is 7.29. The highest BCUT2D eigenvalue weighted by atomic mass is 32.2. The fourth-order valence-electron chi connectivity index (χ4n) is 2.89. The maximum atomic E-state index is 12.9. The molecule has 1 saturated heterocycles. The number of carbonyl (C=O) groups excluding carboxylic acids is 1. The predicted octanol–water partition coefficient (Wildman–Crippen LogP) is 1.39. The molecule has 2 aromatic rings. The van der Waals surface area contributed by atoms with Gasteiger partial charge >= 0.3 is 0 Å². The van der Waals surface area contributed by atoms with Crippen LogP contribution in [0.2, 0.25) is 0 Å². The molecule has 124 valence electrons. The Balaban J connectivity index is 2.01. The summed E-state index contributed by atoms with van der Waals surface area (Å²) < 4.78 is 30.2. The summed E-state index contributed by atoms with van der Waals surface area (Å²) in [5, 5.41) is 0. The summed E-state index contributed by atoms with van der Waals surface area (Å²) in [5.74, 6) is -0.298. The van der Waals surface area contributed by atoms with Crippen LogP contribution in [0.1, 0.15) is 35.4 Å². The summed E-state index contributed by atoms with van der Waals surface area (Å²) in [7, 11) is -1.86. The molecular formula is C15H20N4O3S. The molecule has 0 saturated carbocycles. The van der Waals surface area contributed by atoms with Crippen LogP contribution in [-0.4, -0.2) is 45.8 Å². The topological polar surface area (TPSA) is 77.2 Å². The maximum Gasteiger partial charge on any atom is 0.279 e. The molecule has 7 nitrogen and oxygen atoms in total. The lowest BCUT2D eigenvalue weighted by Crippen LogP contribution is -2.35. The van der Waals surface area contributed by atoms with E-state index in [4.69, 9.17) is 0 Å². The van der Waals surface area contributed by atoms with E-state index in [1.54, 1.807) is 24.7 Å². The highest BCUT2D eigenvalue weighted by Gasteiger charge is 2.31. The fourth-order valence-corrected chi connectivity index (χ4v) is 4.68. The highest BCUT2D eigenvalue weighted by Crippen LogP contribution is 2.26. The van der Waals surface area contributed by atoms with Crippen LogP contribution < -0.4 is 0 Å². The van der Waals surface area contributed by atoms with E-state index in [1.807, 2.05) is 0 Å². The summed E-state index contributed by atoms with van der Waals surface area (Å²) in [6.45, 7) is 2.81. The van der Waals surface area contributed by atoms with Gasteiger partial charge in [0.05, 0.1) is 0 Å². The molecular weight excluding hydrogens is 316 g/mol. The Morgan fingerprint density at radius 2 is 1.91 bits per heavy atom. The van der Waals surface area contributed by atoms with Crippen molar-refractivity contribution in [2.24, 2.45) is 7.05 Å². The first-order valence-corrected chi connectivity index (χ1v) is 9.06. The van der Waals surface area contributed by atoms with Gasteiger partial charge < -0.3 is 4.57 Å². The van der Waals surface area contributed by atoms with E-state index >= 15 is 0 Å². The number of sulfonamides is 1. The maximum absolute atomic E-state index is 12.9. The van der Waals surface area contributed by atoms with Crippen molar-refractivity contribution in [3.8, 4) is 0 Å². The minimum absolute atomic E-state index is 0.213. The van der Waals surface area contributed by atoms with Gasteiger partial charge in [-0.3, -0.25) is 9.36 Å². The molecule has 0 amide bonds. The first-order chi connectivity index (χ1) is 10.9. The van der Waals surface area contributed by atoms with Crippen LogP contribution in [0.25, 0.3) is 0 Å². The van der Waals surface area contributed by atoms with Gasteiger partial charge in [0.2, 0.25) is 10.0 Å². The molecule has 1 aliphatic rings. The zero-order chi connectivity index (χ0) is 16.6. The van der Waals surface area contributed by atoms with E-state index < -0.39 is 10.0 Å². The Bertz CT molecular complexity index is 815. The van der Waals surface area contributed by atoms with Crippen molar-refractivity contribution in [2.75, 3.05) is 13.1 Å². The lowest BCUT2D eigenvalue weighted by Gasteiger charge is -2.25. The van der Waals surface area contributed by atoms with Crippen LogP contribution >= 0.6 is 0 Å². The normalized spacial score (nSPS) is 16.6. The molecule has 3 rings (SSSR count). The van der Waals surface area contributed by atoms with Gasteiger partial charge in [0.1, 0.15) is 16.9 Å². The van der Waals surface area contributed by atoms with Crippen molar-refractivity contribution in [1.82, 2.24) is 18.4 Å². The highest BCUT2D eigenvalue weighted by molar-refractivity contribution is 7.89. The molecule has 8 heteroatoms. The summed E-state index contributed by atoms with van der Waals surface area (Å²) in [4.78, 5) is 16.6. The summed E-state index contributed by atoms with van der Waals surface area (Å²) in [5.41, 5.74) is 0.898. The smallest absolute Gasteiger partial charge is 0.279 e. The zero-order valence-corrected chi connectivity index (χ0v) is 14.1. The lowest BCUT2D eigenvalue weighted by molar-refractivity contribution is 0.0951. The Morgan fingerprint density at radius 1 is 1.22 bits per heavy atom. The third kappa shape index (κ3) is 2.72. The van der Waals surface area contributed by atoms with Crippen LogP contribution in [0, 0.1) is 6.92 Å². The van der Waals surface area contributed by atoms with Crippen LogP contribution in [-0.2, 0) is 17.1 Å². The Labute approximate surface area is 135 Å². The number of nitrogens with zero attached hydrogens (tertiary/aromatic N) is 4. The number of hydrogen-bond acceptors (Lipinski definition) is 4. The van der Waals surface area contributed by atoms with Crippen LogP contribution in [0.5, 0.6) is 0 Å². The number of hydrogen-bond donors (Lipinski definition) is 0. The third-order valence-electron chi connectivity index (χ3n) is 4.38. The molecule has 1 aliphatic heterocycles. The van der Waals surface area contributed by atoms with Gasteiger partial charge in [-0.1, -0.05) is 6.42 Å². The molecule has 0 aliphatic carbocycles. The molecule has 23 heavy (non-hydrogen) atoms. The minimum atomic E-state index is -3.56. The van der Waals surface area contributed by atoms with Crippen molar-refractivity contribution < 1.29 is 13.2 Å². The molecule has 2 aromatic heterocycles. The molecule has 3 heterocycles. The molecule has 0 N–H and O–H groups in total. The first-order valence-electron chi connectivity index (χ1n) is 7.62. The standard InChI is InChI=1S/C15H20N4O3S/c1-12-14(23(21,22)19-7-4-3-5-8-19)10-13(17(12)2)15(20)18-9-6-16-11-18/h6,9-11H,3-5,7-8H2,1-2H3. The zero-order valence-electron chi connectivity index (χ0n) is 13.3. The van der Waals surface area contributed by atoms with E-state index in [9.17, 15) is 13.2 Å². The number of piperidine rings is 1. The van der Waals surface area contributed by atoms with Gasteiger partial charge in [-0.2, -0.15) is 4.31 Å². The largest absolute Gasteiger partial charge is 0.343 e. The van der Waals surface area contributed by atoms with Gasteiger partial charge in [-0.25, -0.2) is 13.4 Å². The van der Waals surface area contributed by atoms with E-state index in [-0.39, 0.29) is 10.8 Å². The second kappa shape index (κ2) is 5.93. The second-order valence-electron chi connectivity index (χ2n) is 5.78. The second-order valence-corrected chi connectivity index (χ2v) is 7.68. The Hall–Kier alpha value is -1.93. The average Bonchev–Trinajstić information content (AvgIpc) is 3.18. The average molecular weight is 336 g/mol. The Morgan fingerprint density at radius 3 is 2.52 bits per heavy atom. The van der Waals surface area contributed by atoms with Crippen molar-refractivity contribution >= 4 is 15.9 Å². The van der Waals surface area contributed by atoms with Crippen molar-refractivity contribution in [2.45, 2.75) is 31.1 Å². The lowest BCUT2D eigenvalue weighted by atomic mass is 10.2. The van der Waals surface area contributed by atoms with Crippen molar-refractivity contribution in [1.29, 1.82) is 0 Å². The van der Waals surface area contributed by atoms with Gasteiger partial charge in [0, 0.05) is 38.2 Å². The third-order valence-corrected chi connectivity index (χ3v) is 6.39. The molecule has 0 atom stereocenters. The van der Waals surface area contributed by atoms with Crippen LogP contribution in [0.3, 0.4) is 0 Å². The SMILES string of the molecule is Cc1c(S(=O)(=O)N2CCCCC2)cc(C(=O)n2ccnc2)n1C. The molecule has 0 unspecified atom stereocenters. The van der Waals surface area contributed by atoms with Gasteiger partial charge in [0.25, 0.3) is 5.91 Å². The molecule has 0 aromatic carbocycles. The summed E-state index contributed by atoms with van der Waals surface area (Å²) in [6, 6.07) is 1.47. The van der Waals surface area contributed by atoms with Crippen LogP contribution in [0.4, 0.5) is 0 Å². The van der Waals surface area contributed by atoms with Crippen molar-refractivity contribution in [3.05, 3.63) is 36.2 Å². The van der Waals surface area contributed by atoms with Gasteiger partial charge in [0.15, 0.2) is 0 Å². The van der Waals surface area contributed by atoms with Crippen molar-refractivity contribution in [3.63, 3.8) is 0 Å². The number of carbonyl (C=O) groups is 1. The van der Waals surface area contributed by atoms with Crippen LogP contribution in [0.15, 0.2) is 29.7 Å². The minimum Gasteiger partial charge on any atom is -0.343 e. The Kier molecular flexibility index (Phi) is 4.11. The first kappa shape index (κ1) is 15.9. The summed E-state index contributed by atoms with van der Waals surface area (Å²) >= 11 is 0. The monoisotopic (exact) mass is 336 g/mol. The quantitative estimate of drug-likeness (QED) is 0.849.